The number of piperazine rings is 1. The van der Waals surface area contributed by atoms with Crippen LogP contribution in [0.2, 0.25) is 0 Å². The second kappa shape index (κ2) is 11.6. The van der Waals surface area contributed by atoms with E-state index in [1.54, 1.807) is 18.7 Å². The lowest BCUT2D eigenvalue weighted by atomic mass is 9.93. The number of benzene rings is 1. The van der Waals surface area contributed by atoms with Crippen molar-refractivity contribution in [2.45, 2.75) is 33.0 Å². The summed E-state index contributed by atoms with van der Waals surface area (Å²) < 4.78 is 44.5. The van der Waals surface area contributed by atoms with E-state index in [1.807, 2.05) is 11.8 Å². The first-order valence-corrected chi connectivity index (χ1v) is 12.0. The molecule has 2 heterocycles. The van der Waals surface area contributed by atoms with Crippen molar-refractivity contribution in [1.82, 2.24) is 25.3 Å². The second-order valence-electron chi connectivity index (χ2n) is 8.43. The Kier molecular flexibility index (Phi) is 8.83. The van der Waals surface area contributed by atoms with E-state index in [0.29, 0.717) is 44.0 Å². The van der Waals surface area contributed by atoms with E-state index in [0.717, 1.165) is 12.1 Å². The van der Waals surface area contributed by atoms with Crippen molar-refractivity contribution < 1.29 is 32.3 Å². The Morgan fingerprint density at radius 3 is 2.25 bits per heavy atom. The molecule has 3 rings (SSSR count). The summed E-state index contributed by atoms with van der Waals surface area (Å²) in [5.41, 5.74) is 0.143. The molecule has 0 spiro atoms. The van der Waals surface area contributed by atoms with E-state index in [-0.39, 0.29) is 31.3 Å². The quantitative estimate of drug-likeness (QED) is 0.549. The number of halogens is 3. The SMILES string of the molecule is CCNC(=O)N1CCN(CC2=C(C(=O)OCC)[C@@H](c3ccc(C(F)(F)F)cc3)NC(=O)N2CC)CC1. The molecule has 4 amide bonds. The van der Waals surface area contributed by atoms with E-state index in [1.165, 1.54) is 17.0 Å². The minimum atomic E-state index is -4.51. The molecular formula is C24H32F3N5O4. The zero-order valence-electron chi connectivity index (χ0n) is 20.7. The average Bonchev–Trinajstić information content (AvgIpc) is 2.84. The van der Waals surface area contributed by atoms with Gasteiger partial charge in [-0.2, -0.15) is 13.2 Å². The van der Waals surface area contributed by atoms with Crippen LogP contribution in [0.3, 0.4) is 0 Å². The van der Waals surface area contributed by atoms with Crippen molar-refractivity contribution >= 4 is 18.0 Å². The van der Waals surface area contributed by atoms with Crippen molar-refractivity contribution in [3.8, 4) is 0 Å². The van der Waals surface area contributed by atoms with E-state index in [4.69, 9.17) is 4.74 Å². The fourth-order valence-corrected chi connectivity index (χ4v) is 4.36. The predicted octanol–water partition coefficient (Wildman–Crippen LogP) is 2.96. The van der Waals surface area contributed by atoms with Crippen LogP contribution < -0.4 is 10.6 Å². The van der Waals surface area contributed by atoms with Gasteiger partial charge in [-0.3, -0.25) is 9.80 Å². The standard InChI is InChI=1S/C24H32F3N5O4/c1-4-28-22(34)31-13-11-30(12-14-31)15-18-19(21(33)36-6-3)20(29-23(35)32(18)5-2)16-7-9-17(10-8-16)24(25,26)27/h7-10,20H,4-6,11-15H2,1-3H3,(H,28,34)(H,29,35)/t20-/m1/s1. The maximum Gasteiger partial charge on any atom is 0.416 e. The summed E-state index contributed by atoms with van der Waals surface area (Å²) in [4.78, 5) is 43.4. The van der Waals surface area contributed by atoms with Gasteiger partial charge in [0.15, 0.2) is 0 Å². The summed E-state index contributed by atoms with van der Waals surface area (Å²) in [6, 6.07) is 2.82. The fraction of sp³-hybridized carbons (Fsp3) is 0.542. The van der Waals surface area contributed by atoms with Gasteiger partial charge < -0.3 is 20.3 Å². The van der Waals surface area contributed by atoms with Gasteiger partial charge in [0, 0.05) is 51.5 Å². The Balaban J connectivity index is 1.95. The van der Waals surface area contributed by atoms with Crippen molar-refractivity contribution in [2.24, 2.45) is 0 Å². The first-order chi connectivity index (χ1) is 17.1. The Labute approximate surface area is 208 Å². The number of nitrogens with one attached hydrogen (secondary N) is 2. The van der Waals surface area contributed by atoms with Crippen LogP contribution in [0.5, 0.6) is 0 Å². The molecule has 0 unspecified atom stereocenters. The Morgan fingerprint density at radius 1 is 1.08 bits per heavy atom. The lowest BCUT2D eigenvalue weighted by molar-refractivity contribution is -0.139. The van der Waals surface area contributed by atoms with Crippen LogP contribution >= 0.6 is 0 Å². The number of rotatable bonds is 7. The number of esters is 1. The number of carbonyl (C=O) groups is 3. The van der Waals surface area contributed by atoms with Crippen molar-refractivity contribution in [3.63, 3.8) is 0 Å². The molecule has 2 aliphatic rings. The molecule has 1 atom stereocenters. The molecule has 1 fully saturated rings. The van der Waals surface area contributed by atoms with Crippen LogP contribution in [0.15, 0.2) is 35.5 Å². The number of nitrogens with zero attached hydrogens (tertiary/aromatic N) is 3. The van der Waals surface area contributed by atoms with Gasteiger partial charge in [-0.1, -0.05) is 12.1 Å². The van der Waals surface area contributed by atoms with Crippen LogP contribution in [0, 0.1) is 0 Å². The van der Waals surface area contributed by atoms with Crippen LogP contribution in [0.25, 0.3) is 0 Å². The first kappa shape index (κ1) is 27.3. The van der Waals surface area contributed by atoms with Gasteiger partial charge in [0.25, 0.3) is 0 Å². The topological polar surface area (TPSA) is 94.2 Å². The largest absolute Gasteiger partial charge is 0.463 e. The second-order valence-corrected chi connectivity index (χ2v) is 8.43. The van der Waals surface area contributed by atoms with Crippen molar-refractivity contribution in [2.75, 3.05) is 52.4 Å². The number of urea groups is 2. The van der Waals surface area contributed by atoms with Gasteiger partial charge in [-0.15, -0.1) is 0 Å². The molecule has 0 bridgehead atoms. The normalized spacial score (nSPS) is 19.3. The molecule has 12 heteroatoms. The number of alkyl halides is 3. The summed E-state index contributed by atoms with van der Waals surface area (Å²) in [5, 5.41) is 5.52. The molecule has 9 nitrogen and oxygen atoms in total. The van der Waals surface area contributed by atoms with Crippen LogP contribution in [-0.4, -0.2) is 85.2 Å². The van der Waals surface area contributed by atoms with Crippen LogP contribution in [0.1, 0.15) is 37.9 Å². The molecule has 0 radical (unpaired) electrons. The number of carbonyl (C=O) groups excluding carboxylic acids is 3. The van der Waals surface area contributed by atoms with Crippen LogP contribution in [-0.2, 0) is 15.7 Å². The fourth-order valence-electron chi connectivity index (χ4n) is 4.36. The molecule has 1 aromatic rings. The molecule has 2 aliphatic heterocycles. The van der Waals surface area contributed by atoms with Gasteiger partial charge in [0.1, 0.15) is 0 Å². The molecule has 0 saturated carbocycles. The number of likely N-dealkylation sites (N-methyl/N-ethyl adjacent to an activating group) is 1. The number of amides is 4. The minimum absolute atomic E-state index is 0.0978. The van der Waals surface area contributed by atoms with E-state index >= 15 is 0 Å². The summed E-state index contributed by atoms with van der Waals surface area (Å²) in [5.74, 6) is -0.642. The Morgan fingerprint density at radius 2 is 1.72 bits per heavy atom. The lowest BCUT2D eigenvalue weighted by Crippen LogP contribution is -2.55. The van der Waals surface area contributed by atoms with Crippen LogP contribution in [0.4, 0.5) is 22.8 Å². The molecule has 1 saturated heterocycles. The molecule has 2 N–H and O–H groups in total. The third kappa shape index (κ3) is 6.10. The van der Waals surface area contributed by atoms with Crippen molar-refractivity contribution in [3.05, 3.63) is 46.7 Å². The highest BCUT2D eigenvalue weighted by Crippen LogP contribution is 2.34. The highest BCUT2D eigenvalue weighted by Gasteiger charge is 2.39. The summed E-state index contributed by atoms with van der Waals surface area (Å²) in [7, 11) is 0. The van der Waals surface area contributed by atoms with Crippen molar-refractivity contribution in [1.29, 1.82) is 0 Å². The third-order valence-electron chi connectivity index (χ3n) is 6.18. The average molecular weight is 512 g/mol. The summed E-state index contributed by atoms with van der Waals surface area (Å²) >= 11 is 0. The molecule has 198 valence electrons. The van der Waals surface area contributed by atoms with Gasteiger partial charge in [-0.25, -0.2) is 14.4 Å². The first-order valence-electron chi connectivity index (χ1n) is 12.0. The van der Waals surface area contributed by atoms with E-state index in [9.17, 15) is 27.6 Å². The number of ether oxygens (including phenoxy) is 1. The minimum Gasteiger partial charge on any atom is -0.463 e. The zero-order chi connectivity index (χ0) is 26.5. The number of hydrogen-bond donors (Lipinski definition) is 2. The third-order valence-corrected chi connectivity index (χ3v) is 6.18. The van der Waals surface area contributed by atoms with Gasteiger partial charge >= 0.3 is 24.2 Å². The summed E-state index contributed by atoms with van der Waals surface area (Å²) in [6.45, 7) is 8.45. The molecule has 1 aromatic carbocycles. The molecule has 0 aliphatic carbocycles. The summed E-state index contributed by atoms with van der Waals surface area (Å²) in [6.07, 6.45) is -4.51. The lowest BCUT2D eigenvalue weighted by Gasteiger charge is -2.40. The van der Waals surface area contributed by atoms with Gasteiger partial charge in [0.05, 0.1) is 23.8 Å². The highest BCUT2D eigenvalue weighted by atomic mass is 19.4. The van der Waals surface area contributed by atoms with E-state index < -0.39 is 29.8 Å². The van der Waals surface area contributed by atoms with Gasteiger partial charge in [-0.05, 0) is 38.5 Å². The zero-order valence-corrected chi connectivity index (χ0v) is 20.7. The highest BCUT2D eigenvalue weighted by molar-refractivity contribution is 5.95. The number of hydrogen-bond acceptors (Lipinski definition) is 5. The maximum atomic E-state index is 13.1. The molecule has 0 aromatic heterocycles. The Hall–Kier alpha value is -3.28. The smallest absolute Gasteiger partial charge is 0.416 e. The predicted molar refractivity (Wildman–Crippen MR) is 126 cm³/mol. The molecule has 36 heavy (non-hydrogen) atoms. The van der Waals surface area contributed by atoms with E-state index in [2.05, 4.69) is 10.6 Å². The van der Waals surface area contributed by atoms with Gasteiger partial charge in [0.2, 0.25) is 0 Å². The monoisotopic (exact) mass is 511 g/mol. The Bertz CT molecular complexity index is 988. The maximum absolute atomic E-state index is 13.1. The molecular weight excluding hydrogens is 479 g/mol.